The van der Waals surface area contributed by atoms with Crippen molar-refractivity contribution >= 4 is 23.1 Å². The van der Waals surface area contributed by atoms with Crippen LogP contribution in [0.1, 0.15) is 32.1 Å². The molecule has 2 saturated carbocycles. The number of benzene rings is 1. The van der Waals surface area contributed by atoms with Gasteiger partial charge in [0.25, 0.3) is 0 Å². The maximum absolute atomic E-state index is 12.6. The van der Waals surface area contributed by atoms with Crippen LogP contribution in [-0.2, 0) is 4.79 Å². The molecule has 2 atom stereocenters. The predicted molar refractivity (Wildman–Crippen MR) is 95.5 cm³/mol. The Morgan fingerprint density at radius 3 is 2.50 bits per heavy atom. The number of aromatic nitrogens is 2. The molecular weight excluding hydrogens is 320 g/mol. The Bertz CT molecular complexity index is 686. The molecule has 4 rings (SSSR count). The quantitative estimate of drug-likeness (QED) is 0.897. The summed E-state index contributed by atoms with van der Waals surface area (Å²) in [4.78, 5) is 12.6. The largest absolute Gasteiger partial charge is 0.327 e. The SMILES string of the molecule is NC1C2CCCC1CC(C(=O)Nc1ccc(-c3csnn3)cc1)C2. The molecule has 1 aromatic carbocycles. The lowest BCUT2D eigenvalue weighted by molar-refractivity contribution is -0.122. The number of fused-ring (bicyclic) bond motifs is 2. The van der Waals surface area contributed by atoms with Crippen LogP contribution in [0, 0.1) is 17.8 Å². The number of rotatable bonds is 3. The van der Waals surface area contributed by atoms with Crippen molar-refractivity contribution in [2.24, 2.45) is 23.5 Å². The van der Waals surface area contributed by atoms with E-state index in [0.717, 1.165) is 29.8 Å². The summed E-state index contributed by atoms with van der Waals surface area (Å²) in [6, 6.07) is 8.11. The fraction of sp³-hybridized carbons (Fsp3) is 0.500. The molecule has 2 fully saturated rings. The van der Waals surface area contributed by atoms with Crippen LogP contribution in [-0.4, -0.2) is 21.5 Å². The molecule has 2 aliphatic rings. The fourth-order valence-corrected chi connectivity index (χ4v) is 4.73. The van der Waals surface area contributed by atoms with Gasteiger partial charge in [0.2, 0.25) is 5.91 Å². The zero-order valence-electron chi connectivity index (χ0n) is 13.5. The highest BCUT2D eigenvalue weighted by molar-refractivity contribution is 7.03. The molecule has 1 heterocycles. The smallest absolute Gasteiger partial charge is 0.227 e. The number of hydrogen-bond donors (Lipinski definition) is 2. The fourth-order valence-electron chi connectivity index (χ4n) is 4.26. The Hall–Kier alpha value is -1.79. The summed E-state index contributed by atoms with van der Waals surface area (Å²) in [5.41, 5.74) is 9.04. The Morgan fingerprint density at radius 2 is 1.88 bits per heavy atom. The summed E-state index contributed by atoms with van der Waals surface area (Å²) < 4.78 is 3.88. The van der Waals surface area contributed by atoms with Crippen molar-refractivity contribution in [3.05, 3.63) is 29.6 Å². The van der Waals surface area contributed by atoms with Crippen molar-refractivity contribution < 1.29 is 4.79 Å². The second-order valence-electron chi connectivity index (χ2n) is 7.05. The third-order valence-corrected chi connectivity index (χ3v) is 6.10. The van der Waals surface area contributed by atoms with E-state index in [1.54, 1.807) is 0 Å². The Labute approximate surface area is 145 Å². The second kappa shape index (κ2) is 6.61. The molecule has 2 bridgehead atoms. The molecule has 6 heteroatoms. The average molecular weight is 342 g/mol. The van der Waals surface area contributed by atoms with Gasteiger partial charge in [-0.2, -0.15) is 0 Å². The Kier molecular flexibility index (Phi) is 4.33. The second-order valence-corrected chi connectivity index (χ2v) is 7.66. The molecule has 1 amide bonds. The minimum atomic E-state index is 0.0996. The first kappa shape index (κ1) is 15.7. The van der Waals surface area contributed by atoms with Gasteiger partial charge in [-0.15, -0.1) is 5.10 Å². The van der Waals surface area contributed by atoms with E-state index in [9.17, 15) is 4.79 Å². The third kappa shape index (κ3) is 3.08. The van der Waals surface area contributed by atoms with E-state index >= 15 is 0 Å². The zero-order valence-corrected chi connectivity index (χ0v) is 14.3. The molecule has 2 aliphatic carbocycles. The van der Waals surface area contributed by atoms with E-state index in [1.807, 2.05) is 29.6 Å². The lowest BCUT2D eigenvalue weighted by Crippen LogP contribution is -2.48. The monoisotopic (exact) mass is 342 g/mol. The van der Waals surface area contributed by atoms with E-state index in [4.69, 9.17) is 5.73 Å². The van der Waals surface area contributed by atoms with Crippen molar-refractivity contribution in [1.29, 1.82) is 0 Å². The van der Waals surface area contributed by atoms with Gasteiger partial charge in [0, 0.05) is 28.6 Å². The van der Waals surface area contributed by atoms with E-state index in [2.05, 4.69) is 14.9 Å². The molecule has 1 aromatic heterocycles. The van der Waals surface area contributed by atoms with Gasteiger partial charge in [0.15, 0.2) is 0 Å². The maximum Gasteiger partial charge on any atom is 0.227 e. The number of hydrogen-bond acceptors (Lipinski definition) is 5. The van der Waals surface area contributed by atoms with Crippen LogP contribution >= 0.6 is 11.5 Å². The highest BCUT2D eigenvalue weighted by Gasteiger charge is 2.40. The van der Waals surface area contributed by atoms with Crippen LogP contribution in [0.4, 0.5) is 5.69 Å². The van der Waals surface area contributed by atoms with Gasteiger partial charge >= 0.3 is 0 Å². The first-order valence-electron chi connectivity index (χ1n) is 8.64. The van der Waals surface area contributed by atoms with Gasteiger partial charge in [0.05, 0.1) is 0 Å². The third-order valence-electron chi connectivity index (χ3n) is 5.59. The Balaban J connectivity index is 1.41. The van der Waals surface area contributed by atoms with E-state index in [0.29, 0.717) is 17.9 Å². The van der Waals surface area contributed by atoms with Gasteiger partial charge in [0.1, 0.15) is 5.69 Å². The minimum absolute atomic E-state index is 0.0996. The van der Waals surface area contributed by atoms with Gasteiger partial charge < -0.3 is 11.1 Å². The Morgan fingerprint density at radius 1 is 1.17 bits per heavy atom. The molecule has 5 nitrogen and oxygen atoms in total. The summed E-state index contributed by atoms with van der Waals surface area (Å²) in [7, 11) is 0. The molecule has 2 aromatic rings. The molecule has 2 unspecified atom stereocenters. The molecule has 24 heavy (non-hydrogen) atoms. The predicted octanol–water partition coefficient (Wildman–Crippen LogP) is 3.30. The number of anilines is 1. The highest BCUT2D eigenvalue weighted by atomic mass is 32.1. The first-order valence-corrected chi connectivity index (χ1v) is 9.48. The topological polar surface area (TPSA) is 80.9 Å². The highest BCUT2D eigenvalue weighted by Crippen LogP contribution is 2.42. The molecule has 0 spiro atoms. The van der Waals surface area contributed by atoms with Crippen LogP contribution in [0.3, 0.4) is 0 Å². The molecule has 126 valence electrons. The normalized spacial score (nSPS) is 29.2. The van der Waals surface area contributed by atoms with Gasteiger partial charge in [-0.25, -0.2) is 0 Å². The standard InChI is InChI=1S/C18H22N4OS/c19-17-12-2-1-3-13(17)9-14(8-12)18(23)20-15-6-4-11(5-7-15)16-10-24-22-21-16/h4-7,10,12-14,17H,1-3,8-9,19H2,(H,20,23). The first-order chi connectivity index (χ1) is 11.7. The summed E-state index contributed by atoms with van der Waals surface area (Å²) in [6.45, 7) is 0. The van der Waals surface area contributed by atoms with E-state index < -0.39 is 0 Å². The van der Waals surface area contributed by atoms with Crippen LogP contribution in [0.5, 0.6) is 0 Å². The van der Waals surface area contributed by atoms with E-state index in [1.165, 1.54) is 30.8 Å². The summed E-state index contributed by atoms with van der Waals surface area (Å²) in [5.74, 6) is 1.28. The number of nitrogens with two attached hydrogens (primary N) is 1. The number of carbonyl (C=O) groups is 1. The van der Waals surface area contributed by atoms with Crippen molar-refractivity contribution in [1.82, 2.24) is 9.59 Å². The lowest BCUT2D eigenvalue weighted by Gasteiger charge is -2.43. The molecule has 0 aliphatic heterocycles. The van der Waals surface area contributed by atoms with Crippen molar-refractivity contribution in [3.63, 3.8) is 0 Å². The van der Waals surface area contributed by atoms with Crippen LogP contribution < -0.4 is 11.1 Å². The number of carbonyl (C=O) groups excluding carboxylic acids is 1. The van der Waals surface area contributed by atoms with Crippen molar-refractivity contribution in [2.75, 3.05) is 5.32 Å². The maximum atomic E-state index is 12.6. The molecule has 0 radical (unpaired) electrons. The van der Waals surface area contributed by atoms with Gasteiger partial charge in [-0.05, 0) is 61.2 Å². The summed E-state index contributed by atoms with van der Waals surface area (Å²) >= 11 is 1.34. The average Bonchev–Trinajstić information content (AvgIpc) is 3.09. The number of amides is 1. The molecule has 0 saturated heterocycles. The summed E-state index contributed by atoms with van der Waals surface area (Å²) in [5, 5.41) is 9.05. The summed E-state index contributed by atoms with van der Waals surface area (Å²) in [6.07, 6.45) is 5.50. The zero-order chi connectivity index (χ0) is 16.5. The minimum Gasteiger partial charge on any atom is -0.327 e. The van der Waals surface area contributed by atoms with Crippen molar-refractivity contribution in [2.45, 2.75) is 38.1 Å². The van der Waals surface area contributed by atoms with Crippen LogP contribution in [0.25, 0.3) is 11.3 Å². The van der Waals surface area contributed by atoms with Crippen molar-refractivity contribution in [3.8, 4) is 11.3 Å². The van der Waals surface area contributed by atoms with E-state index in [-0.39, 0.29) is 11.8 Å². The van der Waals surface area contributed by atoms with Crippen LogP contribution in [0.2, 0.25) is 0 Å². The number of nitrogens with one attached hydrogen (secondary N) is 1. The van der Waals surface area contributed by atoms with Crippen LogP contribution in [0.15, 0.2) is 29.6 Å². The molecular formula is C18H22N4OS. The van der Waals surface area contributed by atoms with Gasteiger partial charge in [-0.3, -0.25) is 4.79 Å². The van der Waals surface area contributed by atoms with Gasteiger partial charge in [-0.1, -0.05) is 23.0 Å². The number of nitrogens with zero attached hydrogens (tertiary/aromatic N) is 2. The lowest BCUT2D eigenvalue weighted by atomic mass is 9.65. The molecule has 3 N–H and O–H groups in total.